The molecule has 3 N–H and O–H groups in total. The van der Waals surface area contributed by atoms with Gasteiger partial charge in [0.05, 0.1) is 0 Å². The van der Waals surface area contributed by atoms with Gasteiger partial charge in [-0.1, -0.05) is 27.7 Å². The average molecular weight is 267 g/mol. The lowest BCUT2D eigenvalue weighted by atomic mass is 9.93. The van der Waals surface area contributed by atoms with Crippen molar-refractivity contribution in [2.24, 2.45) is 11.1 Å². The van der Waals surface area contributed by atoms with Crippen LogP contribution in [-0.2, 0) is 0 Å². The molecule has 1 amide bonds. The maximum Gasteiger partial charge on any atom is 0.293 e. The normalized spacial score (nSPS) is 11.9. The lowest BCUT2D eigenvalue weighted by molar-refractivity contribution is 0.0689. The summed E-state index contributed by atoms with van der Waals surface area (Å²) < 4.78 is 0. The highest BCUT2D eigenvalue weighted by molar-refractivity contribution is 5.90. The number of nitrogens with two attached hydrogens (primary N) is 1. The van der Waals surface area contributed by atoms with Crippen molar-refractivity contribution in [1.29, 1.82) is 0 Å². The summed E-state index contributed by atoms with van der Waals surface area (Å²) in [7, 11) is 0. The van der Waals surface area contributed by atoms with Gasteiger partial charge in [-0.2, -0.15) is 0 Å². The molecule has 6 heteroatoms. The van der Waals surface area contributed by atoms with Gasteiger partial charge in [-0.3, -0.25) is 9.89 Å². The van der Waals surface area contributed by atoms with E-state index in [2.05, 4.69) is 15.2 Å². The largest absolute Gasteiger partial charge is 0.336 e. The minimum Gasteiger partial charge on any atom is -0.336 e. The van der Waals surface area contributed by atoms with Crippen LogP contribution in [-0.4, -0.2) is 45.6 Å². The Labute approximate surface area is 114 Å². The SMILES string of the molecule is CCN(CC(C)(C)CN)C(=O)c1n[nH]c(C(C)C)n1. The predicted molar refractivity (Wildman–Crippen MR) is 74.9 cm³/mol. The van der Waals surface area contributed by atoms with Crippen LogP contribution in [0.3, 0.4) is 0 Å². The highest BCUT2D eigenvalue weighted by Gasteiger charge is 2.26. The van der Waals surface area contributed by atoms with Crippen LogP contribution in [0.2, 0.25) is 0 Å². The fraction of sp³-hybridized carbons (Fsp3) is 0.769. The van der Waals surface area contributed by atoms with Gasteiger partial charge in [-0.15, -0.1) is 5.10 Å². The molecule has 0 atom stereocenters. The van der Waals surface area contributed by atoms with Crippen molar-refractivity contribution in [3.8, 4) is 0 Å². The average Bonchev–Trinajstić information content (AvgIpc) is 2.85. The van der Waals surface area contributed by atoms with Crippen LogP contribution < -0.4 is 5.73 Å². The van der Waals surface area contributed by atoms with E-state index >= 15 is 0 Å². The molecule has 0 radical (unpaired) electrons. The third-order valence-electron chi connectivity index (χ3n) is 3.08. The minimum atomic E-state index is -0.146. The van der Waals surface area contributed by atoms with Crippen molar-refractivity contribution in [3.05, 3.63) is 11.6 Å². The summed E-state index contributed by atoms with van der Waals surface area (Å²) in [4.78, 5) is 18.3. The number of nitrogens with one attached hydrogen (secondary N) is 1. The number of aromatic nitrogens is 3. The molecule has 0 saturated carbocycles. The van der Waals surface area contributed by atoms with Crippen LogP contribution >= 0.6 is 0 Å². The Morgan fingerprint density at radius 3 is 2.53 bits per heavy atom. The summed E-state index contributed by atoms with van der Waals surface area (Å²) in [6.45, 7) is 11.8. The van der Waals surface area contributed by atoms with Crippen molar-refractivity contribution in [3.63, 3.8) is 0 Å². The maximum absolute atomic E-state index is 12.3. The molecule has 0 unspecified atom stereocenters. The summed E-state index contributed by atoms with van der Waals surface area (Å²) in [5.74, 6) is 1.05. The number of amides is 1. The smallest absolute Gasteiger partial charge is 0.293 e. The fourth-order valence-electron chi connectivity index (χ4n) is 1.68. The molecule has 0 spiro atoms. The first-order chi connectivity index (χ1) is 8.80. The van der Waals surface area contributed by atoms with Gasteiger partial charge in [0, 0.05) is 19.0 Å². The first-order valence-corrected chi connectivity index (χ1v) is 6.72. The quantitative estimate of drug-likeness (QED) is 0.815. The van der Waals surface area contributed by atoms with E-state index < -0.39 is 0 Å². The van der Waals surface area contributed by atoms with E-state index in [9.17, 15) is 4.79 Å². The number of rotatable bonds is 6. The number of H-pyrrole nitrogens is 1. The Morgan fingerprint density at radius 1 is 1.47 bits per heavy atom. The van der Waals surface area contributed by atoms with Gasteiger partial charge in [0.2, 0.25) is 5.82 Å². The number of hydrogen-bond acceptors (Lipinski definition) is 4. The zero-order chi connectivity index (χ0) is 14.6. The van der Waals surface area contributed by atoms with Crippen molar-refractivity contribution < 1.29 is 4.79 Å². The van der Waals surface area contributed by atoms with E-state index in [4.69, 9.17) is 5.73 Å². The van der Waals surface area contributed by atoms with Crippen molar-refractivity contribution >= 4 is 5.91 Å². The monoisotopic (exact) mass is 267 g/mol. The molecule has 1 aromatic rings. The number of carbonyl (C=O) groups is 1. The van der Waals surface area contributed by atoms with Crippen LogP contribution in [0.4, 0.5) is 0 Å². The molecule has 0 fully saturated rings. The Morgan fingerprint density at radius 2 is 2.11 bits per heavy atom. The summed E-state index contributed by atoms with van der Waals surface area (Å²) in [6, 6.07) is 0. The van der Waals surface area contributed by atoms with Crippen LogP contribution in [0.15, 0.2) is 0 Å². The molecule has 19 heavy (non-hydrogen) atoms. The molecule has 0 aliphatic carbocycles. The predicted octanol–water partition coefficient (Wildman–Crippen LogP) is 1.38. The second kappa shape index (κ2) is 6.14. The molecule has 0 saturated heterocycles. The van der Waals surface area contributed by atoms with Gasteiger partial charge in [0.25, 0.3) is 5.91 Å². The van der Waals surface area contributed by atoms with Crippen LogP contribution in [0, 0.1) is 5.41 Å². The van der Waals surface area contributed by atoms with Crippen LogP contribution in [0.1, 0.15) is 57.0 Å². The first-order valence-electron chi connectivity index (χ1n) is 6.72. The molecular weight excluding hydrogens is 242 g/mol. The molecule has 108 valence electrons. The first kappa shape index (κ1) is 15.6. The second-order valence-corrected chi connectivity index (χ2v) is 5.89. The lowest BCUT2D eigenvalue weighted by Gasteiger charge is -2.30. The Hall–Kier alpha value is -1.43. The van der Waals surface area contributed by atoms with Gasteiger partial charge in [0.1, 0.15) is 5.82 Å². The fourth-order valence-corrected chi connectivity index (χ4v) is 1.68. The van der Waals surface area contributed by atoms with Gasteiger partial charge in [-0.25, -0.2) is 4.98 Å². The zero-order valence-corrected chi connectivity index (χ0v) is 12.5. The third-order valence-corrected chi connectivity index (χ3v) is 3.08. The lowest BCUT2D eigenvalue weighted by Crippen LogP contribution is -2.42. The molecule has 0 bridgehead atoms. The summed E-state index contributed by atoms with van der Waals surface area (Å²) in [6.07, 6.45) is 0. The second-order valence-electron chi connectivity index (χ2n) is 5.89. The van der Waals surface area contributed by atoms with Crippen LogP contribution in [0.5, 0.6) is 0 Å². The van der Waals surface area contributed by atoms with Crippen LogP contribution in [0.25, 0.3) is 0 Å². The van der Waals surface area contributed by atoms with Gasteiger partial charge in [-0.05, 0) is 18.9 Å². The van der Waals surface area contributed by atoms with E-state index in [1.165, 1.54) is 0 Å². The van der Waals surface area contributed by atoms with Gasteiger partial charge in [0.15, 0.2) is 0 Å². The molecule has 0 aromatic carbocycles. The summed E-state index contributed by atoms with van der Waals surface area (Å²) in [5, 5.41) is 6.81. The van der Waals surface area contributed by atoms with E-state index in [0.717, 1.165) is 5.82 Å². The van der Waals surface area contributed by atoms with Gasteiger partial charge >= 0.3 is 0 Å². The highest BCUT2D eigenvalue weighted by Crippen LogP contribution is 2.16. The van der Waals surface area contributed by atoms with Crippen molar-refractivity contribution in [2.45, 2.75) is 40.5 Å². The molecule has 0 aliphatic heterocycles. The number of aromatic amines is 1. The van der Waals surface area contributed by atoms with E-state index in [-0.39, 0.29) is 23.1 Å². The topological polar surface area (TPSA) is 87.9 Å². The number of carbonyl (C=O) groups excluding carboxylic acids is 1. The maximum atomic E-state index is 12.3. The van der Waals surface area contributed by atoms with E-state index in [1.54, 1.807) is 4.90 Å². The standard InChI is InChI=1S/C13H25N5O/c1-6-18(8-13(4,5)7-14)12(19)11-15-10(9(2)3)16-17-11/h9H,6-8,14H2,1-5H3,(H,15,16,17). The number of nitrogens with zero attached hydrogens (tertiary/aromatic N) is 3. The summed E-state index contributed by atoms with van der Waals surface area (Å²) in [5.41, 5.74) is 5.61. The molecule has 0 aliphatic rings. The third kappa shape index (κ3) is 4.02. The van der Waals surface area contributed by atoms with E-state index in [1.807, 2.05) is 34.6 Å². The highest BCUT2D eigenvalue weighted by atomic mass is 16.2. The molecule has 1 heterocycles. The number of hydrogen-bond donors (Lipinski definition) is 2. The molecule has 1 rings (SSSR count). The Bertz CT molecular complexity index is 424. The van der Waals surface area contributed by atoms with E-state index in [0.29, 0.717) is 19.6 Å². The zero-order valence-electron chi connectivity index (χ0n) is 12.5. The molecular formula is C13H25N5O. The molecule has 6 nitrogen and oxygen atoms in total. The van der Waals surface area contributed by atoms with Crippen molar-refractivity contribution in [2.75, 3.05) is 19.6 Å². The summed E-state index contributed by atoms with van der Waals surface area (Å²) >= 11 is 0. The van der Waals surface area contributed by atoms with Crippen molar-refractivity contribution in [1.82, 2.24) is 20.1 Å². The Balaban J connectivity index is 2.83. The minimum absolute atomic E-state index is 0.108. The van der Waals surface area contributed by atoms with Gasteiger partial charge < -0.3 is 10.6 Å². The Kier molecular flexibility index (Phi) is 5.05. The molecule has 1 aromatic heterocycles.